The van der Waals surface area contributed by atoms with E-state index in [0.29, 0.717) is 30.4 Å². The van der Waals surface area contributed by atoms with Crippen LogP contribution in [0.15, 0.2) is 18.5 Å². The highest BCUT2D eigenvalue weighted by Gasteiger charge is 2.29. The number of carbonyl (C=O) groups is 2. The van der Waals surface area contributed by atoms with Gasteiger partial charge in [0.2, 0.25) is 0 Å². The first-order chi connectivity index (χ1) is 10.1. The van der Waals surface area contributed by atoms with E-state index in [9.17, 15) is 14.0 Å². The molecule has 1 aliphatic rings. The number of piperidine rings is 1. The Hall–Kier alpha value is -2.44. The second-order valence-corrected chi connectivity index (χ2v) is 5.18. The van der Waals surface area contributed by atoms with Crippen molar-refractivity contribution in [3.05, 3.63) is 29.8 Å². The molecule has 1 amide bonds. The average Bonchev–Trinajstić information content (AvgIpc) is 2.93. The van der Waals surface area contributed by atoms with Crippen molar-refractivity contribution < 1.29 is 19.1 Å². The SMILES string of the molecule is O=C(O)[C@@H]1CCCN(C(=O)c2cc(F)cc3[nH]cnc23)C1. The zero-order valence-corrected chi connectivity index (χ0v) is 11.2. The van der Waals surface area contributed by atoms with Crippen LogP contribution in [0, 0.1) is 11.7 Å². The minimum Gasteiger partial charge on any atom is -0.481 e. The molecule has 7 heteroatoms. The van der Waals surface area contributed by atoms with Gasteiger partial charge in [0.15, 0.2) is 0 Å². The van der Waals surface area contributed by atoms with Gasteiger partial charge in [0, 0.05) is 13.1 Å². The maximum atomic E-state index is 13.6. The first kappa shape index (κ1) is 13.5. The molecule has 1 aromatic heterocycles. The van der Waals surface area contributed by atoms with Gasteiger partial charge in [-0.3, -0.25) is 9.59 Å². The lowest BCUT2D eigenvalue weighted by atomic mass is 9.97. The molecule has 1 saturated heterocycles. The molecular weight excluding hydrogens is 277 g/mol. The van der Waals surface area contributed by atoms with E-state index in [1.165, 1.54) is 17.3 Å². The summed E-state index contributed by atoms with van der Waals surface area (Å²) in [4.78, 5) is 31.9. The number of carbonyl (C=O) groups excluding carboxylic acids is 1. The monoisotopic (exact) mass is 291 g/mol. The number of hydrogen-bond acceptors (Lipinski definition) is 3. The Kier molecular flexibility index (Phi) is 3.32. The zero-order valence-electron chi connectivity index (χ0n) is 11.2. The first-order valence-electron chi connectivity index (χ1n) is 6.71. The molecule has 2 N–H and O–H groups in total. The lowest BCUT2D eigenvalue weighted by Gasteiger charge is -2.30. The maximum Gasteiger partial charge on any atom is 0.308 e. The summed E-state index contributed by atoms with van der Waals surface area (Å²) in [5.41, 5.74) is 1.02. The van der Waals surface area contributed by atoms with Crippen molar-refractivity contribution in [3.63, 3.8) is 0 Å². The number of halogens is 1. The Morgan fingerprint density at radius 1 is 1.43 bits per heavy atom. The molecule has 6 nitrogen and oxygen atoms in total. The number of hydrogen-bond donors (Lipinski definition) is 2. The van der Waals surface area contributed by atoms with Crippen molar-refractivity contribution in [1.82, 2.24) is 14.9 Å². The highest BCUT2D eigenvalue weighted by molar-refractivity contribution is 6.05. The predicted octanol–water partition coefficient (Wildman–Crippen LogP) is 1.64. The number of nitrogens with zero attached hydrogens (tertiary/aromatic N) is 2. The zero-order chi connectivity index (χ0) is 15.0. The smallest absolute Gasteiger partial charge is 0.308 e. The van der Waals surface area contributed by atoms with Gasteiger partial charge < -0.3 is 15.0 Å². The van der Waals surface area contributed by atoms with Crippen LogP contribution in [0.1, 0.15) is 23.2 Å². The van der Waals surface area contributed by atoms with E-state index in [-0.39, 0.29) is 18.0 Å². The van der Waals surface area contributed by atoms with Crippen LogP contribution in [0.3, 0.4) is 0 Å². The van der Waals surface area contributed by atoms with E-state index in [4.69, 9.17) is 5.11 Å². The quantitative estimate of drug-likeness (QED) is 0.880. The van der Waals surface area contributed by atoms with Crippen LogP contribution in [0.4, 0.5) is 4.39 Å². The second kappa shape index (κ2) is 5.16. The van der Waals surface area contributed by atoms with Gasteiger partial charge in [0.05, 0.1) is 23.3 Å². The average molecular weight is 291 g/mol. The van der Waals surface area contributed by atoms with Gasteiger partial charge in [-0.05, 0) is 25.0 Å². The number of aromatic nitrogens is 2. The molecule has 0 spiro atoms. The molecule has 3 rings (SSSR count). The fourth-order valence-corrected chi connectivity index (χ4v) is 2.71. The van der Waals surface area contributed by atoms with Crippen molar-refractivity contribution in [2.75, 3.05) is 13.1 Å². The van der Waals surface area contributed by atoms with E-state index in [2.05, 4.69) is 9.97 Å². The van der Waals surface area contributed by atoms with E-state index >= 15 is 0 Å². The number of amides is 1. The summed E-state index contributed by atoms with van der Waals surface area (Å²) in [6.45, 7) is 0.627. The third-order valence-electron chi connectivity index (χ3n) is 3.78. The molecule has 0 aliphatic carbocycles. The highest BCUT2D eigenvalue weighted by Crippen LogP contribution is 2.23. The van der Waals surface area contributed by atoms with Crippen LogP contribution in [0.25, 0.3) is 11.0 Å². The van der Waals surface area contributed by atoms with E-state index < -0.39 is 17.7 Å². The number of imidazole rings is 1. The number of rotatable bonds is 2. The minimum atomic E-state index is -0.906. The Bertz CT molecular complexity index is 713. The van der Waals surface area contributed by atoms with Crippen LogP contribution in [-0.4, -0.2) is 44.9 Å². The van der Waals surface area contributed by atoms with Crippen LogP contribution in [0.2, 0.25) is 0 Å². The van der Waals surface area contributed by atoms with Crippen molar-refractivity contribution in [2.24, 2.45) is 5.92 Å². The van der Waals surface area contributed by atoms with E-state index in [1.54, 1.807) is 0 Å². The number of carboxylic acid groups (broad SMARTS) is 1. The van der Waals surface area contributed by atoms with Crippen LogP contribution >= 0.6 is 0 Å². The van der Waals surface area contributed by atoms with Gasteiger partial charge in [-0.15, -0.1) is 0 Å². The summed E-state index contributed by atoms with van der Waals surface area (Å²) in [5, 5.41) is 9.08. The number of fused-ring (bicyclic) bond motifs is 1. The number of benzene rings is 1. The Balaban J connectivity index is 1.93. The predicted molar refractivity (Wildman–Crippen MR) is 72.3 cm³/mol. The van der Waals surface area contributed by atoms with Gasteiger partial charge in [-0.25, -0.2) is 9.37 Å². The summed E-state index contributed by atoms with van der Waals surface area (Å²) in [7, 11) is 0. The number of aromatic amines is 1. The molecule has 1 aromatic carbocycles. The van der Waals surface area contributed by atoms with E-state index in [1.807, 2.05) is 0 Å². The summed E-state index contributed by atoms with van der Waals surface area (Å²) >= 11 is 0. The van der Waals surface area contributed by atoms with Crippen LogP contribution in [0.5, 0.6) is 0 Å². The third-order valence-corrected chi connectivity index (χ3v) is 3.78. The van der Waals surface area contributed by atoms with Crippen molar-refractivity contribution in [3.8, 4) is 0 Å². The van der Waals surface area contributed by atoms with Gasteiger partial charge in [0.25, 0.3) is 5.91 Å². The molecule has 1 atom stereocenters. The van der Waals surface area contributed by atoms with Crippen molar-refractivity contribution in [2.45, 2.75) is 12.8 Å². The molecule has 110 valence electrons. The topological polar surface area (TPSA) is 86.3 Å². The van der Waals surface area contributed by atoms with Gasteiger partial charge in [-0.2, -0.15) is 0 Å². The number of aliphatic carboxylic acids is 1. The lowest BCUT2D eigenvalue weighted by Crippen LogP contribution is -2.42. The number of nitrogens with one attached hydrogen (secondary N) is 1. The molecule has 0 radical (unpaired) electrons. The highest BCUT2D eigenvalue weighted by atomic mass is 19.1. The van der Waals surface area contributed by atoms with Crippen molar-refractivity contribution >= 4 is 22.9 Å². The third kappa shape index (κ3) is 2.46. The molecule has 1 aliphatic heterocycles. The standard InChI is InChI=1S/C14H14FN3O3/c15-9-4-10(12-11(5-9)16-7-17-12)13(19)18-3-1-2-8(6-18)14(20)21/h4-5,7-8H,1-3,6H2,(H,16,17)(H,20,21)/t8-/m1/s1. The molecular formula is C14H14FN3O3. The largest absolute Gasteiger partial charge is 0.481 e. The number of likely N-dealkylation sites (tertiary alicyclic amines) is 1. The lowest BCUT2D eigenvalue weighted by molar-refractivity contribution is -0.143. The van der Waals surface area contributed by atoms with E-state index in [0.717, 1.165) is 6.07 Å². The molecule has 21 heavy (non-hydrogen) atoms. The van der Waals surface area contributed by atoms with Crippen LogP contribution in [-0.2, 0) is 4.79 Å². The molecule has 0 saturated carbocycles. The first-order valence-corrected chi connectivity index (χ1v) is 6.71. The fourth-order valence-electron chi connectivity index (χ4n) is 2.71. The molecule has 1 fully saturated rings. The van der Waals surface area contributed by atoms with Crippen LogP contribution < -0.4 is 0 Å². The van der Waals surface area contributed by atoms with Crippen molar-refractivity contribution in [1.29, 1.82) is 0 Å². The summed E-state index contributed by atoms with van der Waals surface area (Å²) in [5.74, 6) is -2.37. The van der Waals surface area contributed by atoms with Gasteiger partial charge in [0.1, 0.15) is 11.3 Å². The Morgan fingerprint density at radius 3 is 3.00 bits per heavy atom. The number of carboxylic acids is 1. The molecule has 0 unspecified atom stereocenters. The normalized spacial score (nSPS) is 18.9. The Morgan fingerprint density at radius 2 is 2.24 bits per heavy atom. The Labute approximate surface area is 119 Å². The summed E-state index contributed by atoms with van der Waals surface area (Å²) in [6.07, 6.45) is 2.58. The summed E-state index contributed by atoms with van der Waals surface area (Å²) in [6, 6.07) is 2.42. The van der Waals surface area contributed by atoms with Gasteiger partial charge >= 0.3 is 5.97 Å². The second-order valence-electron chi connectivity index (χ2n) is 5.18. The van der Waals surface area contributed by atoms with Gasteiger partial charge in [-0.1, -0.05) is 0 Å². The maximum absolute atomic E-state index is 13.6. The minimum absolute atomic E-state index is 0.149. The number of H-pyrrole nitrogens is 1. The molecule has 2 aromatic rings. The molecule has 2 heterocycles. The molecule has 0 bridgehead atoms. The fraction of sp³-hybridized carbons (Fsp3) is 0.357. The summed E-state index contributed by atoms with van der Waals surface area (Å²) < 4.78 is 13.6.